The van der Waals surface area contributed by atoms with E-state index in [1.54, 1.807) is 6.33 Å². The molecule has 0 bridgehead atoms. The Hall–Kier alpha value is -1.35. The van der Waals surface area contributed by atoms with Crippen molar-refractivity contribution in [1.82, 2.24) is 15.3 Å². The van der Waals surface area contributed by atoms with Gasteiger partial charge in [0.15, 0.2) is 0 Å². The molecule has 2 N–H and O–H groups in total. The molecule has 0 spiro atoms. The molecule has 0 radical (unpaired) electrons. The van der Waals surface area contributed by atoms with Crippen LogP contribution in [0.2, 0.25) is 0 Å². The van der Waals surface area contributed by atoms with Gasteiger partial charge in [-0.1, -0.05) is 6.07 Å². The van der Waals surface area contributed by atoms with Crippen LogP contribution >= 0.6 is 0 Å². The van der Waals surface area contributed by atoms with Gasteiger partial charge in [0.25, 0.3) is 0 Å². The molecule has 0 amide bonds. The van der Waals surface area contributed by atoms with Gasteiger partial charge in [0.1, 0.15) is 0 Å². The minimum atomic E-state index is 0.956. The molecule has 0 unspecified atom stereocenters. The summed E-state index contributed by atoms with van der Waals surface area (Å²) in [6.07, 6.45) is 2.89. The number of aromatic nitrogens is 2. The molecule has 1 aromatic heterocycles. The lowest BCUT2D eigenvalue weighted by Gasteiger charge is -2.16. The van der Waals surface area contributed by atoms with Gasteiger partial charge in [0, 0.05) is 6.54 Å². The zero-order chi connectivity index (χ0) is 8.67. The molecule has 0 saturated carbocycles. The zero-order valence-electron chi connectivity index (χ0n) is 7.30. The number of fused-ring (bicyclic) bond motifs is 3. The molecule has 0 saturated heterocycles. The second kappa shape index (κ2) is 2.57. The van der Waals surface area contributed by atoms with Crippen LogP contribution in [0.3, 0.4) is 0 Å². The predicted molar refractivity (Wildman–Crippen MR) is 51.5 cm³/mol. The number of benzene rings is 1. The molecular formula is C10H11N3. The van der Waals surface area contributed by atoms with Crippen molar-refractivity contribution in [3.05, 3.63) is 29.6 Å². The van der Waals surface area contributed by atoms with Gasteiger partial charge < -0.3 is 10.3 Å². The third kappa shape index (κ3) is 0.971. The third-order valence-corrected chi connectivity index (χ3v) is 2.67. The highest BCUT2D eigenvalue weighted by Gasteiger charge is 2.12. The molecule has 13 heavy (non-hydrogen) atoms. The number of aromatic amines is 1. The molecule has 0 atom stereocenters. The van der Waals surface area contributed by atoms with E-state index in [0.29, 0.717) is 0 Å². The molecule has 3 rings (SSSR count). The molecule has 2 heterocycles. The lowest BCUT2D eigenvalue weighted by molar-refractivity contribution is 0.647. The highest BCUT2D eigenvalue weighted by atomic mass is 14.9. The Labute approximate surface area is 76.2 Å². The van der Waals surface area contributed by atoms with Crippen LogP contribution in [0.25, 0.3) is 11.0 Å². The van der Waals surface area contributed by atoms with E-state index >= 15 is 0 Å². The van der Waals surface area contributed by atoms with Crippen molar-refractivity contribution in [2.45, 2.75) is 13.0 Å². The number of hydrogen-bond donors (Lipinski definition) is 2. The third-order valence-electron chi connectivity index (χ3n) is 2.67. The quantitative estimate of drug-likeness (QED) is 0.628. The number of rotatable bonds is 0. The summed E-state index contributed by atoms with van der Waals surface area (Å²) < 4.78 is 0. The SMILES string of the molecule is c1nc2c3c(ccc2[nH]1)CCNC3. The van der Waals surface area contributed by atoms with Crippen LogP contribution in [-0.2, 0) is 13.0 Å². The number of nitrogens with one attached hydrogen (secondary N) is 2. The summed E-state index contributed by atoms with van der Waals surface area (Å²) in [7, 11) is 0. The second-order valence-corrected chi connectivity index (χ2v) is 3.43. The van der Waals surface area contributed by atoms with Gasteiger partial charge in [-0.25, -0.2) is 4.98 Å². The first-order valence-corrected chi connectivity index (χ1v) is 4.60. The minimum Gasteiger partial charge on any atom is -0.345 e. The molecule has 2 aromatic rings. The second-order valence-electron chi connectivity index (χ2n) is 3.43. The number of hydrogen-bond acceptors (Lipinski definition) is 2. The molecule has 3 heteroatoms. The molecule has 1 aromatic carbocycles. The Bertz CT molecular complexity index is 444. The Balaban J connectivity index is 2.34. The molecule has 3 nitrogen and oxygen atoms in total. The number of imidazole rings is 1. The first-order valence-electron chi connectivity index (χ1n) is 4.60. The fourth-order valence-corrected chi connectivity index (χ4v) is 1.98. The van der Waals surface area contributed by atoms with E-state index in [-0.39, 0.29) is 0 Å². The summed E-state index contributed by atoms with van der Waals surface area (Å²) in [5.74, 6) is 0. The van der Waals surface area contributed by atoms with Crippen molar-refractivity contribution < 1.29 is 0 Å². The lowest BCUT2D eigenvalue weighted by atomic mass is 10.00. The summed E-state index contributed by atoms with van der Waals surface area (Å²) >= 11 is 0. The fourth-order valence-electron chi connectivity index (χ4n) is 1.98. The van der Waals surface area contributed by atoms with Crippen LogP contribution in [0.15, 0.2) is 18.5 Å². The van der Waals surface area contributed by atoms with Crippen molar-refractivity contribution >= 4 is 11.0 Å². The topological polar surface area (TPSA) is 40.7 Å². The Morgan fingerprint density at radius 1 is 1.31 bits per heavy atom. The fraction of sp³-hybridized carbons (Fsp3) is 0.300. The van der Waals surface area contributed by atoms with E-state index < -0.39 is 0 Å². The monoisotopic (exact) mass is 173 g/mol. The maximum Gasteiger partial charge on any atom is 0.0932 e. The smallest absolute Gasteiger partial charge is 0.0932 e. The van der Waals surface area contributed by atoms with E-state index in [9.17, 15) is 0 Å². The Morgan fingerprint density at radius 3 is 3.31 bits per heavy atom. The minimum absolute atomic E-state index is 0.956. The molecular weight excluding hydrogens is 162 g/mol. The van der Waals surface area contributed by atoms with Gasteiger partial charge in [0.05, 0.1) is 17.4 Å². The van der Waals surface area contributed by atoms with E-state index in [1.165, 1.54) is 11.1 Å². The molecule has 1 aliphatic rings. The van der Waals surface area contributed by atoms with E-state index in [2.05, 4.69) is 27.4 Å². The van der Waals surface area contributed by atoms with Crippen molar-refractivity contribution in [2.24, 2.45) is 0 Å². The lowest BCUT2D eigenvalue weighted by Crippen LogP contribution is -2.23. The van der Waals surface area contributed by atoms with Gasteiger partial charge in [0.2, 0.25) is 0 Å². The van der Waals surface area contributed by atoms with Gasteiger partial charge >= 0.3 is 0 Å². The van der Waals surface area contributed by atoms with Crippen LogP contribution in [0.4, 0.5) is 0 Å². The zero-order valence-corrected chi connectivity index (χ0v) is 7.30. The standard InChI is InChI=1S/C10H11N3/c1-2-9-10(13-6-12-9)8-5-11-4-3-7(1)8/h1-2,6,11H,3-5H2,(H,12,13). The van der Waals surface area contributed by atoms with E-state index in [1.807, 2.05) is 0 Å². The summed E-state index contributed by atoms with van der Waals surface area (Å²) in [4.78, 5) is 7.47. The largest absolute Gasteiger partial charge is 0.345 e. The molecule has 0 fully saturated rings. The summed E-state index contributed by atoms with van der Waals surface area (Å²) in [5.41, 5.74) is 5.08. The average molecular weight is 173 g/mol. The van der Waals surface area contributed by atoms with Gasteiger partial charge in [-0.3, -0.25) is 0 Å². The summed E-state index contributed by atoms with van der Waals surface area (Å²) in [5, 5.41) is 3.37. The van der Waals surface area contributed by atoms with Gasteiger partial charge in [-0.05, 0) is 30.2 Å². The van der Waals surface area contributed by atoms with E-state index in [0.717, 1.165) is 30.5 Å². The summed E-state index contributed by atoms with van der Waals surface area (Å²) in [6, 6.07) is 4.32. The first-order chi connectivity index (χ1) is 6.45. The van der Waals surface area contributed by atoms with Crippen molar-refractivity contribution in [2.75, 3.05) is 6.54 Å². The van der Waals surface area contributed by atoms with Crippen LogP contribution in [-0.4, -0.2) is 16.5 Å². The Kier molecular flexibility index (Phi) is 1.40. The summed E-state index contributed by atoms with van der Waals surface area (Å²) in [6.45, 7) is 2.04. The number of H-pyrrole nitrogens is 1. The normalized spacial score (nSPS) is 16.0. The molecule has 66 valence electrons. The van der Waals surface area contributed by atoms with Crippen LogP contribution in [0, 0.1) is 0 Å². The average Bonchev–Trinajstić information content (AvgIpc) is 2.65. The Morgan fingerprint density at radius 2 is 2.31 bits per heavy atom. The highest BCUT2D eigenvalue weighted by molar-refractivity contribution is 5.79. The molecule has 1 aliphatic heterocycles. The van der Waals surface area contributed by atoms with Gasteiger partial charge in [-0.2, -0.15) is 0 Å². The maximum absolute atomic E-state index is 4.34. The highest BCUT2D eigenvalue weighted by Crippen LogP contribution is 2.21. The van der Waals surface area contributed by atoms with Crippen molar-refractivity contribution in [3.8, 4) is 0 Å². The van der Waals surface area contributed by atoms with Crippen molar-refractivity contribution in [1.29, 1.82) is 0 Å². The van der Waals surface area contributed by atoms with Crippen LogP contribution < -0.4 is 5.32 Å². The maximum atomic E-state index is 4.34. The molecule has 0 aliphatic carbocycles. The van der Waals surface area contributed by atoms with Gasteiger partial charge in [-0.15, -0.1) is 0 Å². The van der Waals surface area contributed by atoms with Crippen LogP contribution in [0.5, 0.6) is 0 Å². The van der Waals surface area contributed by atoms with E-state index in [4.69, 9.17) is 0 Å². The predicted octanol–water partition coefficient (Wildman–Crippen LogP) is 1.21. The first kappa shape index (κ1) is 7.09. The van der Waals surface area contributed by atoms with Crippen molar-refractivity contribution in [3.63, 3.8) is 0 Å². The number of nitrogens with zero attached hydrogens (tertiary/aromatic N) is 1. The van der Waals surface area contributed by atoms with Crippen LogP contribution in [0.1, 0.15) is 11.1 Å².